The monoisotopic (exact) mass is 131 g/mol. The van der Waals surface area contributed by atoms with Crippen molar-refractivity contribution in [1.29, 1.82) is 0 Å². The van der Waals surface area contributed by atoms with Crippen LogP contribution in [-0.2, 0) is 4.74 Å². The highest BCUT2D eigenvalue weighted by Gasteiger charge is 2.11. The normalized spacial score (nSPS) is 28.3. The van der Waals surface area contributed by atoms with Crippen molar-refractivity contribution in [1.82, 2.24) is 5.32 Å². The van der Waals surface area contributed by atoms with Crippen molar-refractivity contribution < 1.29 is 9.84 Å². The molecule has 9 heavy (non-hydrogen) atoms. The Bertz CT molecular complexity index is 68.7. The van der Waals surface area contributed by atoms with Crippen molar-refractivity contribution in [2.24, 2.45) is 0 Å². The predicted molar refractivity (Wildman–Crippen MR) is 34.3 cm³/mol. The minimum absolute atomic E-state index is 0.229. The van der Waals surface area contributed by atoms with Crippen LogP contribution < -0.4 is 5.32 Å². The number of aliphatic hydroxyl groups excluding tert-OH is 1. The molecule has 0 bridgehead atoms. The Morgan fingerprint density at radius 2 is 2.56 bits per heavy atom. The van der Waals surface area contributed by atoms with Gasteiger partial charge in [0.15, 0.2) is 0 Å². The third-order valence-corrected chi connectivity index (χ3v) is 1.46. The zero-order valence-electron chi connectivity index (χ0n) is 5.47. The van der Waals surface area contributed by atoms with Crippen LogP contribution in [0.25, 0.3) is 0 Å². The molecule has 0 radical (unpaired) electrons. The number of morpholine rings is 1. The van der Waals surface area contributed by atoms with Gasteiger partial charge in [-0.25, -0.2) is 0 Å². The first-order chi connectivity index (χ1) is 4.43. The summed E-state index contributed by atoms with van der Waals surface area (Å²) in [7, 11) is 0. The minimum atomic E-state index is 0.229. The van der Waals surface area contributed by atoms with Crippen molar-refractivity contribution in [3.05, 3.63) is 0 Å². The van der Waals surface area contributed by atoms with Gasteiger partial charge in [0, 0.05) is 19.7 Å². The summed E-state index contributed by atoms with van der Waals surface area (Å²) in [5.41, 5.74) is 0. The molecule has 0 aromatic rings. The van der Waals surface area contributed by atoms with Crippen LogP contribution in [0.4, 0.5) is 0 Å². The Labute approximate surface area is 55.0 Å². The molecule has 0 unspecified atom stereocenters. The first kappa shape index (κ1) is 6.99. The molecule has 1 rings (SSSR count). The molecule has 54 valence electrons. The van der Waals surface area contributed by atoms with Crippen molar-refractivity contribution in [2.75, 3.05) is 26.3 Å². The average molecular weight is 131 g/mol. The van der Waals surface area contributed by atoms with E-state index in [-0.39, 0.29) is 12.7 Å². The molecule has 1 fully saturated rings. The van der Waals surface area contributed by atoms with Crippen molar-refractivity contribution >= 4 is 0 Å². The molecule has 0 aliphatic carbocycles. The molecule has 0 amide bonds. The summed E-state index contributed by atoms with van der Waals surface area (Å²) in [5, 5.41) is 11.7. The lowest BCUT2D eigenvalue weighted by molar-refractivity contribution is 0.0139. The standard InChI is InChI=1S/C6H13NO2/c8-3-1-6-5-7-2-4-9-6/h6-8H,1-5H2/t6-/m1/s1. The molecule has 1 aliphatic heterocycles. The maximum atomic E-state index is 8.51. The summed E-state index contributed by atoms with van der Waals surface area (Å²) >= 11 is 0. The molecule has 0 aromatic carbocycles. The molecule has 3 heteroatoms. The van der Waals surface area contributed by atoms with E-state index in [9.17, 15) is 0 Å². The van der Waals surface area contributed by atoms with Crippen molar-refractivity contribution in [3.8, 4) is 0 Å². The smallest absolute Gasteiger partial charge is 0.0721 e. The highest BCUT2D eigenvalue weighted by Crippen LogP contribution is 1.98. The van der Waals surface area contributed by atoms with Crippen LogP contribution in [0, 0.1) is 0 Å². The Morgan fingerprint density at radius 3 is 3.11 bits per heavy atom. The molecule has 3 nitrogen and oxygen atoms in total. The van der Waals surface area contributed by atoms with Crippen LogP contribution in [0.5, 0.6) is 0 Å². The van der Waals surface area contributed by atoms with Crippen molar-refractivity contribution in [3.63, 3.8) is 0 Å². The Morgan fingerprint density at radius 1 is 1.67 bits per heavy atom. The number of ether oxygens (including phenoxy) is 1. The summed E-state index contributed by atoms with van der Waals surface area (Å²) in [6.45, 7) is 2.85. The maximum absolute atomic E-state index is 8.51. The lowest BCUT2D eigenvalue weighted by Gasteiger charge is -2.22. The van der Waals surface area contributed by atoms with Gasteiger partial charge in [-0.15, -0.1) is 0 Å². The van der Waals surface area contributed by atoms with Crippen LogP contribution in [0.1, 0.15) is 6.42 Å². The van der Waals surface area contributed by atoms with Gasteiger partial charge in [0.1, 0.15) is 0 Å². The van der Waals surface area contributed by atoms with Crippen LogP contribution in [0.3, 0.4) is 0 Å². The molecule has 0 aromatic heterocycles. The quantitative estimate of drug-likeness (QED) is 0.523. The second-order valence-corrected chi connectivity index (χ2v) is 2.21. The molecule has 0 spiro atoms. The summed E-state index contributed by atoms with van der Waals surface area (Å²) in [6.07, 6.45) is 0.997. The van der Waals surface area contributed by atoms with Gasteiger partial charge in [0.2, 0.25) is 0 Å². The van der Waals surface area contributed by atoms with Gasteiger partial charge in [0.05, 0.1) is 12.7 Å². The number of nitrogens with one attached hydrogen (secondary N) is 1. The van der Waals surface area contributed by atoms with E-state index < -0.39 is 0 Å². The zero-order chi connectivity index (χ0) is 6.53. The Hall–Kier alpha value is -0.120. The van der Waals surface area contributed by atoms with E-state index in [0.717, 1.165) is 26.1 Å². The van der Waals surface area contributed by atoms with Crippen LogP contribution in [0.15, 0.2) is 0 Å². The molecular weight excluding hydrogens is 118 g/mol. The van der Waals surface area contributed by atoms with Gasteiger partial charge in [-0.1, -0.05) is 0 Å². The highest BCUT2D eigenvalue weighted by atomic mass is 16.5. The lowest BCUT2D eigenvalue weighted by atomic mass is 10.2. The van der Waals surface area contributed by atoms with Gasteiger partial charge in [-0.2, -0.15) is 0 Å². The molecule has 1 saturated heterocycles. The Kier molecular flexibility index (Phi) is 2.97. The molecule has 1 atom stereocenters. The van der Waals surface area contributed by atoms with E-state index in [1.807, 2.05) is 0 Å². The summed E-state index contributed by atoms with van der Waals surface area (Å²) < 4.78 is 5.30. The first-order valence-corrected chi connectivity index (χ1v) is 3.36. The summed E-state index contributed by atoms with van der Waals surface area (Å²) in [5.74, 6) is 0. The fraction of sp³-hybridized carbons (Fsp3) is 1.00. The number of rotatable bonds is 2. The van der Waals surface area contributed by atoms with Gasteiger partial charge in [0.25, 0.3) is 0 Å². The number of aliphatic hydroxyl groups is 1. The van der Waals surface area contributed by atoms with Gasteiger partial charge in [-0.3, -0.25) is 0 Å². The lowest BCUT2D eigenvalue weighted by Crippen LogP contribution is -2.38. The summed E-state index contributed by atoms with van der Waals surface area (Å²) in [6, 6.07) is 0. The number of hydrogen-bond donors (Lipinski definition) is 2. The van der Waals surface area contributed by atoms with Crippen LogP contribution in [0.2, 0.25) is 0 Å². The van der Waals surface area contributed by atoms with E-state index >= 15 is 0 Å². The van der Waals surface area contributed by atoms with Crippen LogP contribution >= 0.6 is 0 Å². The molecule has 1 heterocycles. The fourth-order valence-electron chi connectivity index (χ4n) is 0.949. The van der Waals surface area contributed by atoms with Crippen molar-refractivity contribution in [2.45, 2.75) is 12.5 Å². The van der Waals surface area contributed by atoms with E-state index in [1.54, 1.807) is 0 Å². The van der Waals surface area contributed by atoms with E-state index in [2.05, 4.69) is 5.32 Å². The second-order valence-electron chi connectivity index (χ2n) is 2.21. The zero-order valence-corrected chi connectivity index (χ0v) is 5.47. The fourth-order valence-corrected chi connectivity index (χ4v) is 0.949. The molecule has 0 saturated carbocycles. The van der Waals surface area contributed by atoms with E-state index in [1.165, 1.54) is 0 Å². The van der Waals surface area contributed by atoms with Crippen LogP contribution in [-0.4, -0.2) is 37.5 Å². The van der Waals surface area contributed by atoms with Gasteiger partial charge in [-0.05, 0) is 6.42 Å². The maximum Gasteiger partial charge on any atom is 0.0721 e. The third-order valence-electron chi connectivity index (χ3n) is 1.46. The van der Waals surface area contributed by atoms with Gasteiger partial charge >= 0.3 is 0 Å². The first-order valence-electron chi connectivity index (χ1n) is 3.36. The number of hydrogen-bond acceptors (Lipinski definition) is 3. The predicted octanol–water partition coefficient (Wildman–Crippen LogP) is -0.643. The largest absolute Gasteiger partial charge is 0.396 e. The summed E-state index contributed by atoms with van der Waals surface area (Å²) in [4.78, 5) is 0. The highest BCUT2D eigenvalue weighted by molar-refractivity contribution is 4.65. The molecular formula is C6H13NO2. The minimum Gasteiger partial charge on any atom is -0.396 e. The van der Waals surface area contributed by atoms with Gasteiger partial charge < -0.3 is 15.2 Å². The topological polar surface area (TPSA) is 41.5 Å². The second kappa shape index (κ2) is 3.82. The molecule has 1 aliphatic rings. The van der Waals surface area contributed by atoms with E-state index in [0.29, 0.717) is 0 Å². The SMILES string of the molecule is OCC[C@@H]1CNCCO1. The molecule has 2 N–H and O–H groups in total. The Balaban J connectivity index is 2.08. The third kappa shape index (κ3) is 2.30. The average Bonchev–Trinajstić information content (AvgIpc) is 1.91. The van der Waals surface area contributed by atoms with E-state index in [4.69, 9.17) is 9.84 Å².